The normalized spacial score (nSPS) is 18.8. The molecule has 2 aromatic rings. The van der Waals surface area contributed by atoms with Crippen molar-refractivity contribution in [3.05, 3.63) is 58.6 Å². The van der Waals surface area contributed by atoms with Gasteiger partial charge >= 0.3 is 0 Å². The molecule has 3 amide bonds. The maximum atomic E-state index is 13.2. The molecule has 186 valence electrons. The van der Waals surface area contributed by atoms with Crippen LogP contribution < -0.4 is 15.5 Å². The monoisotopic (exact) mass is 497 g/mol. The molecule has 1 unspecified atom stereocenters. The summed E-state index contributed by atoms with van der Waals surface area (Å²) in [6, 6.07) is 12.7. The molecule has 2 aliphatic heterocycles. The van der Waals surface area contributed by atoms with Crippen LogP contribution in [0.1, 0.15) is 17.5 Å². The van der Waals surface area contributed by atoms with Crippen LogP contribution in [0.5, 0.6) is 0 Å². The van der Waals surface area contributed by atoms with Gasteiger partial charge in [0.25, 0.3) is 0 Å². The summed E-state index contributed by atoms with van der Waals surface area (Å²) in [5.74, 6) is -0.689. The number of nitrogens with zero attached hydrogens (tertiary/aromatic N) is 3. The zero-order chi connectivity index (χ0) is 24.9. The number of anilines is 2. The van der Waals surface area contributed by atoms with E-state index in [1.807, 2.05) is 56.3 Å². The third kappa shape index (κ3) is 6.32. The molecule has 0 saturated carbocycles. The first-order valence-electron chi connectivity index (χ1n) is 12.0. The molecule has 2 N–H and O–H groups in total. The minimum Gasteiger partial charge on any atom is -0.369 e. The lowest BCUT2D eigenvalue weighted by Crippen LogP contribution is -2.60. The van der Waals surface area contributed by atoms with Crippen molar-refractivity contribution >= 4 is 40.7 Å². The molecule has 0 radical (unpaired) electrons. The van der Waals surface area contributed by atoms with Crippen molar-refractivity contribution in [1.82, 2.24) is 15.1 Å². The molecule has 0 bridgehead atoms. The van der Waals surface area contributed by atoms with Crippen molar-refractivity contribution in [3.8, 4) is 0 Å². The zero-order valence-electron chi connectivity index (χ0n) is 20.2. The topological polar surface area (TPSA) is 85.0 Å². The molecule has 4 rings (SSSR count). The number of halogens is 1. The maximum absolute atomic E-state index is 13.2. The van der Waals surface area contributed by atoms with Gasteiger partial charge in [-0.3, -0.25) is 19.3 Å². The van der Waals surface area contributed by atoms with E-state index in [4.69, 9.17) is 11.6 Å². The number of benzene rings is 2. The number of hydrogen-bond acceptors (Lipinski definition) is 5. The fourth-order valence-electron chi connectivity index (χ4n) is 4.65. The molecule has 0 aromatic heterocycles. The van der Waals surface area contributed by atoms with Gasteiger partial charge in [-0.25, -0.2) is 0 Å². The highest BCUT2D eigenvalue weighted by Gasteiger charge is 2.35. The number of amides is 3. The molecule has 2 heterocycles. The Morgan fingerprint density at radius 1 is 1.03 bits per heavy atom. The minimum absolute atomic E-state index is 0.0742. The van der Waals surface area contributed by atoms with E-state index in [9.17, 15) is 14.4 Å². The van der Waals surface area contributed by atoms with Gasteiger partial charge in [0.2, 0.25) is 17.7 Å². The molecular formula is C26H32ClN5O3. The Morgan fingerprint density at radius 2 is 1.74 bits per heavy atom. The van der Waals surface area contributed by atoms with E-state index in [-0.39, 0.29) is 30.7 Å². The van der Waals surface area contributed by atoms with Crippen LogP contribution in [0.15, 0.2) is 42.5 Å². The van der Waals surface area contributed by atoms with E-state index >= 15 is 0 Å². The number of piperazine rings is 2. The molecule has 0 aliphatic carbocycles. The molecular weight excluding hydrogens is 466 g/mol. The summed E-state index contributed by atoms with van der Waals surface area (Å²) in [6.07, 6.45) is -0.0742. The first-order valence-corrected chi connectivity index (χ1v) is 12.3. The van der Waals surface area contributed by atoms with Crippen molar-refractivity contribution in [2.45, 2.75) is 26.3 Å². The Hall–Kier alpha value is -3.10. The van der Waals surface area contributed by atoms with Gasteiger partial charge in [0, 0.05) is 55.7 Å². The first kappa shape index (κ1) is 25.0. The molecule has 35 heavy (non-hydrogen) atoms. The van der Waals surface area contributed by atoms with Crippen LogP contribution in [0.25, 0.3) is 0 Å². The van der Waals surface area contributed by atoms with Crippen LogP contribution in [0, 0.1) is 13.8 Å². The zero-order valence-corrected chi connectivity index (χ0v) is 21.0. The molecule has 9 heteroatoms. The molecule has 2 aromatic carbocycles. The summed E-state index contributed by atoms with van der Waals surface area (Å²) in [5.41, 5.74) is 3.89. The second-order valence-corrected chi connectivity index (χ2v) is 9.64. The Kier molecular flexibility index (Phi) is 7.93. The Bertz CT molecular complexity index is 1080. The number of hydrogen-bond donors (Lipinski definition) is 2. The lowest BCUT2D eigenvalue weighted by atomic mass is 10.1. The van der Waals surface area contributed by atoms with Gasteiger partial charge in [0.1, 0.15) is 6.04 Å². The van der Waals surface area contributed by atoms with Crippen LogP contribution in [0.3, 0.4) is 0 Å². The van der Waals surface area contributed by atoms with E-state index in [1.165, 1.54) is 0 Å². The highest BCUT2D eigenvalue weighted by Crippen LogP contribution is 2.20. The van der Waals surface area contributed by atoms with E-state index in [1.54, 1.807) is 4.90 Å². The third-order valence-electron chi connectivity index (χ3n) is 6.61. The summed E-state index contributed by atoms with van der Waals surface area (Å²) in [5, 5.41) is 6.39. The fourth-order valence-corrected chi connectivity index (χ4v) is 4.77. The number of carbonyl (C=O) groups is 3. The Morgan fingerprint density at radius 3 is 2.43 bits per heavy atom. The van der Waals surface area contributed by atoms with Gasteiger partial charge in [-0.05, 0) is 49.7 Å². The molecule has 2 saturated heterocycles. The standard InChI is InChI=1S/C26H32ClN5O3/c1-18-3-8-22(19(2)15-18)29-24(33)16-23-26(35)28-9-10-32(23)25(34)17-30-11-13-31(14-12-30)21-6-4-20(27)5-7-21/h3-8,15,23H,9-14,16-17H2,1-2H3,(H,28,35)(H,29,33). The fraction of sp³-hybridized carbons (Fsp3) is 0.423. The lowest BCUT2D eigenvalue weighted by molar-refractivity contribution is -0.145. The molecule has 2 fully saturated rings. The van der Waals surface area contributed by atoms with Crippen LogP contribution in [0.2, 0.25) is 5.02 Å². The molecule has 8 nitrogen and oxygen atoms in total. The molecule has 2 aliphatic rings. The van der Waals surface area contributed by atoms with Crippen molar-refractivity contribution in [1.29, 1.82) is 0 Å². The average molecular weight is 498 g/mol. The number of carbonyl (C=O) groups excluding carboxylic acids is 3. The van der Waals surface area contributed by atoms with Crippen LogP contribution in [0.4, 0.5) is 11.4 Å². The van der Waals surface area contributed by atoms with Gasteiger partial charge < -0.3 is 20.4 Å². The summed E-state index contributed by atoms with van der Waals surface area (Å²) < 4.78 is 0. The summed E-state index contributed by atoms with van der Waals surface area (Å²) >= 11 is 5.99. The summed E-state index contributed by atoms with van der Waals surface area (Å²) in [4.78, 5) is 44.5. The molecule has 0 spiro atoms. The van der Waals surface area contributed by atoms with Gasteiger partial charge in [0.05, 0.1) is 13.0 Å². The van der Waals surface area contributed by atoms with Gasteiger partial charge in [-0.2, -0.15) is 0 Å². The van der Waals surface area contributed by atoms with Crippen molar-refractivity contribution in [3.63, 3.8) is 0 Å². The third-order valence-corrected chi connectivity index (χ3v) is 6.86. The predicted molar refractivity (Wildman–Crippen MR) is 138 cm³/mol. The highest BCUT2D eigenvalue weighted by molar-refractivity contribution is 6.30. The van der Waals surface area contributed by atoms with Gasteiger partial charge in [0.15, 0.2) is 0 Å². The van der Waals surface area contributed by atoms with E-state index in [0.717, 1.165) is 43.0 Å². The second kappa shape index (κ2) is 11.1. The van der Waals surface area contributed by atoms with E-state index in [0.29, 0.717) is 23.8 Å². The quantitative estimate of drug-likeness (QED) is 0.640. The SMILES string of the molecule is Cc1ccc(NC(=O)CC2C(=O)NCCN2C(=O)CN2CCN(c3ccc(Cl)cc3)CC2)c(C)c1. The van der Waals surface area contributed by atoms with Crippen molar-refractivity contribution < 1.29 is 14.4 Å². The maximum Gasteiger partial charge on any atom is 0.243 e. The summed E-state index contributed by atoms with van der Waals surface area (Å²) in [7, 11) is 0. The van der Waals surface area contributed by atoms with Crippen LogP contribution in [-0.2, 0) is 14.4 Å². The average Bonchev–Trinajstić information content (AvgIpc) is 2.83. The summed E-state index contributed by atoms with van der Waals surface area (Å²) in [6.45, 7) is 8.04. The van der Waals surface area contributed by atoms with Gasteiger partial charge in [-0.1, -0.05) is 29.3 Å². The minimum atomic E-state index is -0.808. The Balaban J connectivity index is 1.33. The number of rotatable bonds is 6. The number of nitrogens with one attached hydrogen (secondary N) is 2. The largest absolute Gasteiger partial charge is 0.369 e. The Labute approximate surface area is 211 Å². The van der Waals surface area contributed by atoms with Crippen LogP contribution >= 0.6 is 11.6 Å². The van der Waals surface area contributed by atoms with E-state index < -0.39 is 6.04 Å². The number of aryl methyl sites for hydroxylation is 2. The second-order valence-electron chi connectivity index (χ2n) is 9.20. The smallest absolute Gasteiger partial charge is 0.243 e. The van der Waals surface area contributed by atoms with Gasteiger partial charge in [-0.15, -0.1) is 0 Å². The first-order chi connectivity index (χ1) is 16.8. The van der Waals surface area contributed by atoms with Crippen LogP contribution in [-0.4, -0.2) is 79.4 Å². The molecule has 1 atom stereocenters. The highest BCUT2D eigenvalue weighted by atomic mass is 35.5. The predicted octanol–water partition coefficient (Wildman–Crippen LogP) is 2.43. The van der Waals surface area contributed by atoms with E-state index in [2.05, 4.69) is 20.4 Å². The van der Waals surface area contributed by atoms with Crippen molar-refractivity contribution in [2.75, 3.05) is 56.0 Å². The van der Waals surface area contributed by atoms with Crippen molar-refractivity contribution in [2.24, 2.45) is 0 Å². The lowest BCUT2D eigenvalue weighted by Gasteiger charge is -2.39.